The Morgan fingerprint density at radius 1 is 1.05 bits per heavy atom. The van der Waals surface area contributed by atoms with E-state index >= 15 is 0 Å². The molecule has 0 radical (unpaired) electrons. The molecule has 0 spiro atoms. The van der Waals surface area contributed by atoms with Crippen molar-refractivity contribution in [1.29, 1.82) is 10.5 Å². The SMILES string of the molecule is N#CCC1=CN=C(c2ccc3ccccc3c2)B1C#N. The third kappa shape index (κ3) is 1.98. The number of fused-ring (bicyclic) bond motifs is 1. The van der Waals surface area contributed by atoms with E-state index in [0.29, 0.717) is 0 Å². The molecule has 0 fully saturated rings. The zero-order valence-corrected chi connectivity index (χ0v) is 10.7. The number of rotatable bonds is 2. The summed E-state index contributed by atoms with van der Waals surface area (Å²) >= 11 is 0. The largest absolute Gasteiger partial charge is 0.352 e. The van der Waals surface area contributed by atoms with Crippen molar-refractivity contribution >= 4 is 23.1 Å². The third-order valence-corrected chi connectivity index (χ3v) is 3.47. The van der Waals surface area contributed by atoms with Gasteiger partial charge in [0.2, 0.25) is 0 Å². The van der Waals surface area contributed by atoms with Crippen molar-refractivity contribution in [3.8, 4) is 12.0 Å². The van der Waals surface area contributed by atoms with E-state index in [1.54, 1.807) is 6.20 Å². The highest BCUT2D eigenvalue weighted by atomic mass is 14.7. The molecule has 0 unspecified atom stereocenters. The first-order valence-corrected chi connectivity index (χ1v) is 6.36. The summed E-state index contributed by atoms with van der Waals surface area (Å²) in [4.78, 5) is 4.35. The van der Waals surface area contributed by atoms with Crippen LogP contribution in [0.15, 0.2) is 59.1 Å². The Kier molecular flexibility index (Phi) is 3.07. The van der Waals surface area contributed by atoms with E-state index in [1.165, 1.54) is 0 Å². The lowest BCUT2D eigenvalue weighted by Crippen LogP contribution is -2.25. The Bertz CT molecular complexity index is 821. The molecule has 0 amide bonds. The molecule has 0 aromatic heterocycles. The highest BCUT2D eigenvalue weighted by Gasteiger charge is 2.30. The van der Waals surface area contributed by atoms with Crippen molar-refractivity contribution in [3.63, 3.8) is 0 Å². The van der Waals surface area contributed by atoms with Crippen molar-refractivity contribution in [2.24, 2.45) is 4.99 Å². The van der Waals surface area contributed by atoms with Crippen LogP contribution in [0, 0.1) is 22.6 Å². The van der Waals surface area contributed by atoms with Gasteiger partial charge in [-0.1, -0.05) is 36.4 Å². The normalized spacial score (nSPS) is 13.6. The van der Waals surface area contributed by atoms with Gasteiger partial charge in [0.25, 0.3) is 0 Å². The van der Waals surface area contributed by atoms with Gasteiger partial charge in [-0.05, 0) is 27.9 Å². The molecular formula is C16H10BN3. The quantitative estimate of drug-likeness (QED) is 0.774. The molecule has 0 N–H and O–H groups in total. The fourth-order valence-electron chi connectivity index (χ4n) is 2.45. The molecular weight excluding hydrogens is 245 g/mol. The van der Waals surface area contributed by atoms with Crippen LogP contribution >= 0.6 is 0 Å². The topological polar surface area (TPSA) is 59.9 Å². The number of aliphatic imine (C=N–C) groups is 1. The standard InChI is InChI=1S/C16H10BN3/c18-8-7-15-10-20-16(17(15)11-19)14-6-5-12-3-1-2-4-13(12)9-14/h1-6,9-10H,7H2. The fraction of sp³-hybridized carbons (Fsp3) is 0.0625. The van der Waals surface area contributed by atoms with Crippen LogP contribution in [0.25, 0.3) is 10.8 Å². The first-order valence-electron chi connectivity index (χ1n) is 6.36. The van der Waals surface area contributed by atoms with E-state index in [4.69, 9.17) is 5.26 Å². The first-order chi connectivity index (χ1) is 9.83. The minimum absolute atomic E-state index is 0.249. The highest BCUT2D eigenvalue weighted by Crippen LogP contribution is 2.22. The van der Waals surface area contributed by atoms with E-state index in [2.05, 4.69) is 23.1 Å². The summed E-state index contributed by atoms with van der Waals surface area (Å²) in [6.45, 7) is -0.407. The summed E-state index contributed by atoms with van der Waals surface area (Å²) in [6.07, 6.45) is 1.90. The summed E-state index contributed by atoms with van der Waals surface area (Å²) < 4.78 is 0. The van der Waals surface area contributed by atoms with E-state index in [9.17, 15) is 5.26 Å². The molecule has 0 bridgehead atoms. The Hall–Kier alpha value is -2.85. The lowest BCUT2D eigenvalue weighted by Gasteiger charge is -2.06. The van der Waals surface area contributed by atoms with Crippen molar-refractivity contribution in [1.82, 2.24) is 0 Å². The Balaban J connectivity index is 2.01. The van der Waals surface area contributed by atoms with Crippen LogP contribution in [0.5, 0.6) is 0 Å². The third-order valence-electron chi connectivity index (χ3n) is 3.47. The smallest absolute Gasteiger partial charge is 0.270 e. The van der Waals surface area contributed by atoms with Gasteiger partial charge in [-0.25, -0.2) is 5.26 Å². The lowest BCUT2D eigenvalue weighted by atomic mass is 9.42. The van der Waals surface area contributed by atoms with Crippen LogP contribution in [0.1, 0.15) is 12.0 Å². The molecule has 3 rings (SSSR count). The molecule has 1 aliphatic heterocycles. The number of benzene rings is 2. The van der Waals surface area contributed by atoms with Gasteiger partial charge in [-0.15, -0.1) is 0 Å². The van der Waals surface area contributed by atoms with Crippen molar-refractivity contribution in [2.75, 3.05) is 0 Å². The fourth-order valence-corrected chi connectivity index (χ4v) is 2.45. The molecule has 20 heavy (non-hydrogen) atoms. The zero-order valence-electron chi connectivity index (χ0n) is 10.7. The van der Waals surface area contributed by atoms with E-state index in [-0.39, 0.29) is 6.42 Å². The van der Waals surface area contributed by atoms with Crippen LogP contribution in [-0.2, 0) is 0 Å². The van der Waals surface area contributed by atoms with Crippen LogP contribution in [0.3, 0.4) is 0 Å². The second kappa shape index (κ2) is 5.03. The number of nitrogens with zero attached hydrogens (tertiary/aromatic N) is 3. The molecule has 92 valence electrons. The van der Waals surface area contributed by atoms with Gasteiger partial charge in [0.1, 0.15) is 0 Å². The number of allylic oxidation sites excluding steroid dienone is 1. The summed E-state index contributed by atoms with van der Waals surface area (Å²) in [7, 11) is 0. The Morgan fingerprint density at radius 3 is 2.60 bits per heavy atom. The van der Waals surface area contributed by atoms with Gasteiger partial charge in [0.15, 0.2) is 0 Å². The minimum Gasteiger partial charge on any atom is -0.270 e. The van der Waals surface area contributed by atoms with Crippen molar-refractivity contribution in [2.45, 2.75) is 6.42 Å². The molecule has 0 atom stereocenters. The average Bonchev–Trinajstić information content (AvgIpc) is 2.90. The monoisotopic (exact) mass is 255 g/mol. The molecule has 4 heteroatoms. The van der Waals surface area contributed by atoms with E-state index in [1.807, 2.05) is 36.4 Å². The van der Waals surface area contributed by atoms with Gasteiger partial charge in [0, 0.05) is 17.8 Å². The predicted octanol–water partition coefficient (Wildman–Crippen LogP) is 3.08. The zero-order chi connectivity index (χ0) is 13.9. The summed E-state index contributed by atoms with van der Waals surface area (Å²) in [5, 5.41) is 20.4. The van der Waals surface area contributed by atoms with Crippen molar-refractivity contribution < 1.29 is 0 Å². The predicted molar refractivity (Wildman–Crippen MR) is 80.2 cm³/mol. The van der Waals surface area contributed by atoms with E-state index in [0.717, 1.165) is 27.4 Å². The van der Waals surface area contributed by atoms with Gasteiger partial charge in [-0.2, -0.15) is 5.26 Å². The number of hydrogen-bond acceptors (Lipinski definition) is 3. The lowest BCUT2D eigenvalue weighted by molar-refractivity contribution is 1.31. The summed E-state index contributed by atoms with van der Waals surface area (Å²) in [5.41, 5.74) is 2.46. The van der Waals surface area contributed by atoms with Gasteiger partial charge in [-0.3, -0.25) is 4.99 Å². The van der Waals surface area contributed by atoms with Crippen molar-refractivity contribution in [3.05, 3.63) is 59.7 Å². The Morgan fingerprint density at radius 2 is 1.85 bits per heavy atom. The van der Waals surface area contributed by atoms with Crippen LogP contribution in [0.4, 0.5) is 0 Å². The molecule has 0 aliphatic carbocycles. The van der Waals surface area contributed by atoms with Crippen LogP contribution in [0.2, 0.25) is 0 Å². The second-order valence-corrected chi connectivity index (χ2v) is 4.68. The molecule has 0 saturated heterocycles. The summed E-state index contributed by atoms with van der Waals surface area (Å²) in [5.74, 6) is 2.25. The average molecular weight is 255 g/mol. The first kappa shape index (κ1) is 12.2. The van der Waals surface area contributed by atoms with Gasteiger partial charge in [0.05, 0.1) is 12.5 Å². The highest BCUT2D eigenvalue weighted by molar-refractivity contribution is 7.04. The molecule has 1 heterocycles. The van der Waals surface area contributed by atoms with Crippen LogP contribution in [-0.4, -0.2) is 12.3 Å². The summed E-state index contributed by atoms with van der Waals surface area (Å²) in [6, 6.07) is 16.2. The maximum absolute atomic E-state index is 9.33. The molecule has 0 saturated carbocycles. The van der Waals surface area contributed by atoms with E-state index < -0.39 is 6.71 Å². The maximum Gasteiger partial charge on any atom is 0.352 e. The van der Waals surface area contributed by atoms with Gasteiger partial charge >= 0.3 is 6.71 Å². The molecule has 3 nitrogen and oxygen atoms in total. The maximum atomic E-state index is 9.33. The second-order valence-electron chi connectivity index (χ2n) is 4.68. The van der Waals surface area contributed by atoms with Crippen LogP contribution < -0.4 is 0 Å². The molecule has 1 aliphatic rings. The van der Waals surface area contributed by atoms with Gasteiger partial charge < -0.3 is 0 Å². The Labute approximate surface area is 117 Å². The minimum atomic E-state index is -0.407. The molecule has 2 aromatic carbocycles. The molecule has 2 aromatic rings. The number of nitriles is 2. The number of hydrogen-bond donors (Lipinski definition) is 0.